The van der Waals surface area contributed by atoms with Crippen molar-refractivity contribution in [2.75, 3.05) is 0 Å². The lowest BCUT2D eigenvalue weighted by atomic mass is 10.4. The maximum atomic E-state index is 4.81. The van der Waals surface area contributed by atoms with Gasteiger partial charge in [0, 0.05) is 6.20 Å². The fourth-order valence-electron chi connectivity index (χ4n) is 0.906. The van der Waals surface area contributed by atoms with Gasteiger partial charge >= 0.3 is 0 Å². The fraction of sp³-hybridized carbons (Fsp3) is 0.143. The Bertz CT molecular complexity index is 454. The molecule has 0 fully saturated rings. The van der Waals surface area contributed by atoms with Gasteiger partial charge in [0.05, 0.1) is 11.9 Å². The van der Waals surface area contributed by atoms with E-state index < -0.39 is 0 Å². The van der Waals surface area contributed by atoms with Crippen molar-refractivity contribution in [3.63, 3.8) is 0 Å². The minimum Gasteiger partial charge on any atom is -0.280 e. The van der Waals surface area contributed by atoms with Crippen LogP contribution in [0.3, 0.4) is 0 Å². The number of hydrogen-bond donors (Lipinski definition) is 2. The number of H-pyrrole nitrogens is 2. The number of aromatic nitrogens is 5. The highest BCUT2D eigenvalue weighted by Gasteiger charge is 2.01. The van der Waals surface area contributed by atoms with Crippen LogP contribution >= 0.6 is 12.2 Å². The van der Waals surface area contributed by atoms with E-state index in [1.54, 1.807) is 12.4 Å². The molecule has 0 saturated heterocycles. The van der Waals surface area contributed by atoms with Crippen molar-refractivity contribution in [1.29, 1.82) is 0 Å². The Balaban J connectivity index is 2.47. The third kappa shape index (κ3) is 1.62. The molecule has 13 heavy (non-hydrogen) atoms. The van der Waals surface area contributed by atoms with Gasteiger partial charge in [0.25, 0.3) is 0 Å². The molecule has 0 aliphatic carbocycles. The monoisotopic (exact) mass is 193 g/mol. The molecule has 0 bridgehead atoms. The summed E-state index contributed by atoms with van der Waals surface area (Å²) in [7, 11) is 0. The van der Waals surface area contributed by atoms with Crippen LogP contribution in [0.2, 0.25) is 0 Å². The number of rotatable bonds is 1. The molecule has 66 valence electrons. The first kappa shape index (κ1) is 8.06. The molecular weight excluding hydrogens is 186 g/mol. The molecule has 2 aromatic rings. The highest BCUT2D eigenvalue weighted by Crippen LogP contribution is 2.07. The number of aromatic amines is 2. The topological polar surface area (TPSA) is 70.2 Å². The van der Waals surface area contributed by atoms with Gasteiger partial charge in [0.1, 0.15) is 5.69 Å². The summed E-state index contributed by atoms with van der Waals surface area (Å²) in [6.07, 6.45) is 3.33. The Morgan fingerprint density at radius 2 is 2.08 bits per heavy atom. The van der Waals surface area contributed by atoms with Crippen molar-refractivity contribution >= 4 is 12.2 Å². The second-order valence-corrected chi connectivity index (χ2v) is 2.95. The molecule has 0 atom stereocenters. The highest BCUT2D eigenvalue weighted by molar-refractivity contribution is 7.71. The van der Waals surface area contributed by atoms with E-state index in [9.17, 15) is 0 Å². The SMILES string of the molecule is Cc1cnc(-c2nc(=S)[nH][nH]2)cn1. The van der Waals surface area contributed by atoms with Crippen LogP contribution in [0.1, 0.15) is 5.69 Å². The summed E-state index contributed by atoms with van der Waals surface area (Å²) in [6.45, 7) is 1.88. The van der Waals surface area contributed by atoms with E-state index in [1.165, 1.54) is 0 Å². The van der Waals surface area contributed by atoms with Crippen molar-refractivity contribution in [2.24, 2.45) is 0 Å². The van der Waals surface area contributed by atoms with Crippen molar-refractivity contribution in [1.82, 2.24) is 25.1 Å². The number of aryl methyl sites for hydroxylation is 1. The summed E-state index contributed by atoms with van der Waals surface area (Å²) in [4.78, 5) is 12.2. The maximum Gasteiger partial charge on any atom is 0.213 e. The average molecular weight is 193 g/mol. The molecule has 0 radical (unpaired) electrons. The van der Waals surface area contributed by atoms with Crippen molar-refractivity contribution in [2.45, 2.75) is 6.92 Å². The summed E-state index contributed by atoms with van der Waals surface area (Å²) in [6, 6.07) is 0. The molecule has 2 N–H and O–H groups in total. The molecule has 0 saturated carbocycles. The van der Waals surface area contributed by atoms with Gasteiger partial charge < -0.3 is 0 Å². The second kappa shape index (κ2) is 3.06. The molecule has 0 amide bonds. The van der Waals surface area contributed by atoms with Crippen LogP contribution in [0.5, 0.6) is 0 Å². The number of hydrogen-bond acceptors (Lipinski definition) is 4. The van der Waals surface area contributed by atoms with Crippen LogP contribution in [0, 0.1) is 11.7 Å². The van der Waals surface area contributed by atoms with Gasteiger partial charge in [-0.05, 0) is 19.1 Å². The van der Waals surface area contributed by atoms with Crippen LogP contribution in [0.4, 0.5) is 0 Å². The van der Waals surface area contributed by atoms with Gasteiger partial charge in [0.2, 0.25) is 4.77 Å². The summed E-state index contributed by atoms with van der Waals surface area (Å²) >= 11 is 4.81. The van der Waals surface area contributed by atoms with Crippen molar-refractivity contribution in [3.8, 4) is 11.5 Å². The third-order valence-electron chi connectivity index (χ3n) is 1.52. The molecule has 5 nitrogen and oxygen atoms in total. The zero-order valence-corrected chi connectivity index (χ0v) is 7.72. The smallest absolute Gasteiger partial charge is 0.213 e. The summed E-state index contributed by atoms with van der Waals surface area (Å²) in [5, 5.41) is 5.49. The molecular formula is C7H7N5S. The fourth-order valence-corrected chi connectivity index (χ4v) is 1.05. The molecule has 2 heterocycles. The first-order valence-electron chi connectivity index (χ1n) is 3.69. The average Bonchev–Trinajstić information content (AvgIpc) is 2.53. The van der Waals surface area contributed by atoms with Gasteiger partial charge in [-0.25, -0.2) is 4.98 Å². The summed E-state index contributed by atoms with van der Waals surface area (Å²) < 4.78 is 0.414. The molecule has 0 aliphatic rings. The van der Waals surface area contributed by atoms with E-state index in [1.807, 2.05) is 6.92 Å². The van der Waals surface area contributed by atoms with E-state index >= 15 is 0 Å². The Kier molecular flexibility index (Phi) is 1.90. The third-order valence-corrected chi connectivity index (χ3v) is 1.72. The Hall–Kier alpha value is -1.56. The molecule has 0 unspecified atom stereocenters. The van der Waals surface area contributed by atoms with Crippen molar-refractivity contribution < 1.29 is 0 Å². The zero-order valence-electron chi connectivity index (χ0n) is 6.90. The normalized spacial score (nSPS) is 10.2. The largest absolute Gasteiger partial charge is 0.280 e. The molecule has 0 aliphatic heterocycles. The van der Waals surface area contributed by atoms with Gasteiger partial charge in [-0.1, -0.05) is 0 Å². The minimum atomic E-state index is 0.414. The quantitative estimate of drug-likeness (QED) is 0.668. The zero-order chi connectivity index (χ0) is 9.26. The van der Waals surface area contributed by atoms with Crippen LogP contribution in [-0.2, 0) is 0 Å². The minimum absolute atomic E-state index is 0.414. The predicted octanol–water partition coefficient (Wildman–Crippen LogP) is 1.23. The van der Waals surface area contributed by atoms with Crippen LogP contribution in [0.15, 0.2) is 12.4 Å². The van der Waals surface area contributed by atoms with E-state index in [-0.39, 0.29) is 0 Å². The van der Waals surface area contributed by atoms with Crippen LogP contribution < -0.4 is 0 Å². The van der Waals surface area contributed by atoms with E-state index in [2.05, 4.69) is 25.1 Å². The molecule has 0 aromatic carbocycles. The Morgan fingerprint density at radius 1 is 1.23 bits per heavy atom. The van der Waals surface area contributed by atoms with E-state index in [0.717, 1.165) is 5.69 Å². The molecule has 6 heteroatoms. The maximum absolute atomic E-state index is 4.81. The highest BCUT2D eigenvalue weighted by atomic mass is 32.1. The van der Waals surface area contributed by atoms with E-state index in [0.29, 0.717) is 16.3 Å². The lowest BCUT2D eigenvalue weighted by Gasteiger charge is -1.93. The van der Waals surface area contributed by atoms with Gasteiger partial charge in [0.15, 0.2) is 5.82 Å². The van der Waals surface area contributed by atoms with Gasteiger partial charge in [-0.15, -0.1) is 0 Å². The lowest BCUT2D eigenvalue weighted by Crippen LogP contribution is -1.89. The second-order valence-electron chi connectivity index (χ2n) is 2.56. The molecule has 0 spiro atoms. The number of nitrogens with zero attached hydrogens (tertiary/aromatic N) is 3. The Morgan fingerprint density at radius 3 is 2.62 bits per heavy atom. The van der Waals surface area contributed by atoms with Gasteiger partial charge in [-0.3, -0.25) is 15.2 Å². The summed E-state index contributed by atoms with van der Waals surface area (Å²) in [5.41, 5.74) is 1.55. The van der Waals surface area contributed by atoms with Crippen molar-refractivity contribution in [3.05, 3.63) is 22.9 Å². The lowest BCUT2D eigenvalue weighted by molar-refractivity contribution is 1.06. The van der Waals surface area contributed by atoms with Crippen LogP contribution in [-0.4, -0.2) is 25.1 Å². The van der Waals surface area contributed by atoms with E-state index in [4.69, 9.17) is 12.2 Å². The Labute approximate surface area is 79.3 Å². The first-order chi connectivity index (χ1) is 6.25. The number of nitrogens with one attached hydrogen (secondary N) is 2. The van der Waals surface area contributed by atoms with Gasteiger partial charge in [-0.2, -0.15) is 4.98 Å². The predicted molar refractivity (Wildman–Crippen MR) is 49.5 cm³/mol. The molecule has 2 rings (SSSR count). The first-order valence-corrected chi connectivity index (χ1v) is 4.10. The standard InChI is InChI=1S/C7H7N5S/c1-4-2-9-5(3-8-4)6-10-7(13)12-11-6/h2-3H,1H3,(H2,10,11,12,13). The van der Waals surface area contributed by atoms with Crippen LogP contribution in [0.25, 0.3) is 11.5 Å². The molecule has 2 aromatic heterocycles. The summed E-state index contributed by atoms with van der Waals surface area (Å²) in [5.74, 6) is 0.609.